The van der Waals surface area contributed by atoms with Gasteiger partial charge in [0.1, 0.15) is 11.6 Å². The number of unbranched alkanes of at least 4 members (excludes halogenated alkanes) is 2. The maximum atomic E-state index is 13.1. The maximum Gasteiger partial charge on any atom is 0.408 e. The molecule has 0 fully saturated rings. The molecule has 0 aliphatic rings. The SMILES string of the molecule is CC(N)=NCCCCC(NC(=O)OC(C)(C)C)C(=O)N(C)CCc1ccc(CCCCO)cc1. The van der Waals surface area contributed by atoms with E-state index in [1.807, 2.05) is 0 Å². The number of nitrogens with zero attached hydrogens (tertiary/aromatic N) is 2. The Bertz CT molecular complexity index is 768. The zero-order valence-corrected chi connectivity index (χ0v) is 21.6. The number of amides is 2. The second-order valence-electron chi connectivity index (χ2n) is 9.72. The highest BCUT2D eigenvalue weighted by Crippen LogP contribution is 2.12. The van der Waals surface area contributed by atoms with E-state index in [2.05, 4.69) is 34.6 Å². The molecule has 192 valence electrons. The topological polar surface area (TPSA) is 117 Å². The Morgan fingerprint density at radius 1 is 1.09 bits per heavy atom. The Labute approximate surface area is 205 Å². The second kappa shape index (κ2) is 15.3. The first kappa shape index (κ1) is 29.4. The quantitative estimate of drug-likeness (QED) is 0.216. The fourth-order valence-corrected chi connectivity index (χ4v) is 3.41. The zero-order valence-electron chi connectivity index (χ0n) is 21.6. The van der Waals surface area contributed by atoms with Crippen molar-refractivity contribution in [2.75, 3.05) is 26.7 Å². The maximum absolute atomic E-state index is 13.1. The van der Waals surface area contributed by atoms with Crippen LogP contribution in [0, 0.1) is 0 Å². The van der Waals surface area contributed by atoms with Crippen LogP contribution in [0.15, 0.2) is 29.3 Å². The first-order valence-electron chi connectivity index (χ1n) is 12.2. The molecule has 8 heteroatoms. The Hall–Kier alpha value is -2.61. The number of carbonyl (C=O) groups excluding carboxylic acids is 2. The molecular weight excluding hydrogens is 432 g/mol. The number of carbonyl (C=O) groups is 2. The van der Waals surface area contributed by atoms with Gasteiger partial charge >= 0.3 is 6.09 Å². The molecule has 1 aromatic carbocycles. The van der Waals surface area contributed by atoms with Gasteiger partial charge in [0, 0.05) is 26.7 Å². The molecule has 1 rings (SSSR count). The van der Waals surface area contributed by atoms with E-state index in [9.17, 15) is 9.59 Å². The van der Waals surface area contributed by atoms with Gasteiger partial charge in [-0.15, -0.1) is 0 Å². The van der Waals surface area contributed by atoms with Crippen LogP contribution in [0.4, 0.5) is 4.79 Å². The summed E-state index contributed by atoms with van der Waals surface area (Å²) in [5.74, 6) is 0.405. The molecule has 1 unspecified atom stereocenters. The summed E-state index contributed by atoms with van der Waals surface area (Å²) in [4.78, 5) is 31.3. The summed E-state index contributed by atoms with van der Waals surface area (Å²) in [6, 6.07) is 7.72. The number of nitrogens with one attached hydrogen (secondary N) is 1. The number of nitrogens with two attached hydrogens (primary N) is 1. The van der Waals surface area contributed by atoms with Crippen molar-refractivity contribution in [3.8, 4) is 0 Å². The molecule has 0 aliphatic carbocycles. The van der Waals surface area contributed by atoms with E-state index < -0.39 is 17.7 Å². The summed E-state index contributed by atoms with van der Waals surface area (Å²) in [6.45, 7) is 8.49. The van der Waals surface area contributed by atoms with Gasteiger partial charge in [-0.2, -0.15) is 0 Å². The third kappa shape index (κ3) is 13.2. The van der Waals surface area contributed by atoms with E-state index in [-0.39, 0.29) is 12.5 Å². The number of ether oxygens (including phenoxy) is 1. The van der Waals surface area contributed by atoms with Gasteiger partial charge in [-0.25, -0.2) is 4.79 Å². The van der Waals surface area contributed by atoms with Crippen LogP contribution in [-0.2, 0) is 22.4 Å². The van der Waals surface area contributed by atoms with Gasteiger partial charge in [0.2, 0.25) is 5.91 Å². The van der Waals surface area contributed by atoms with Crippen molar-refractivity contribution < 1.29 is 19.4 Å². The minimum atomic E-state index is -0.656. The first-order chi connectivity index (χ1) is 16.0. The third-order valence-corrected chi connectivity index (χ3v) is 5.26. The molecule has 0 bridgehead atoms. The number of aryl methyl sites for hydroxylation is 1. The zero-order chi connectivity index (χ0) is 25.6. The van der Waals surface area contributed by atoms with Crippen LogP contribution in [0.3, 0.4) is 0 Å². The number of hydrogen-bond acceptors (Lipinski definition) is 5. The van der Waals surface area contributed by atoms with E-state index in [1.165, 1.54) is 5.56 Å². The van der Waals surface area contributed by atoms with Crippen LogP contribution in [0.25, 0.3) is 0 Å². The van der Waals surface area contributed by atoms with Gasteiger partial charge in [-0.05, 0) is 83.8 Å². The van der Waals surface area contributed by atoms with E-state index in [4.69, 9.17) is 15.6 Å². The lowest BCUT2D eigenvalue weighted by Crippen LogP contribution is -2.49. The Kier molecular flexibility index (Phi) is 13.3. The predicted octanol–water partition coefficient (Wildman–Crippen LogP) is 3.44. The lowest BCUT2D eigenvalue weighted by Gasteiger charge is -2.26. The number of aliphatic imine (C=N–C) groups is 1. The standard InChI is InChI=1S/C26H44N4O4/c1-20(27)28-17-8-6-11-23(29-25(33)34-26(2,3)4)24(32)30(5)18-16-22-14-12-21(13-15-22)10-7-9-19-31/h12-15,23,31H,6-11,16-19H2,1-5H3,(H2,27,28)(H,29,33). The number of aliphatic hydroxyl groups excluding tert-OH is 1. The minimum Gasteiger partial charge on any atom is -0.444 e. The molecule has 34 heavy (non-hydrogen) atoms. The largest absolute Gasteiger partial charge is 0.444 e. The normalized spacial score (nSPS) is 12.8. The van der Waals surface area contributed by atoms with Crippen molar-refractivity contribution in [1.82, 2.24) is 10.2 Å². The molecule has 0 spiro atoms. The fourth-order valence-electron chi connectivity index (χ4n) is 3.41. The molecule has 0 radical (unpaired) electrons. The van der Waals surface area contributed by atoms with E-state index >= 15 is 0 Å². The number of alkyl carbamates (subject to hydrolysis) is 1. The van der Waals surface area contributed by atoms with Gasteiger partial charge in [0.15, 0.2) is 0 Å². The average Bonchev–Trinajstić information content (AvgIpc) is 2.75. The Balaban J connectivity index is 2.66. The van der Waals surface area contributed by atoms with Crippen LogP contribution in [0.2, 0.25) is 0 Å². The summed E-state index contributed by atoms with van der Waals surface area (Å²) in [5.41, 5.74) is 7.33. The Morgan fingerprint density at radius 2 is 1.71 bits per heavy atom. The summed E-state index contributed by atoms with van der Waals surface area (Å²) in [5, 5.41) is 11.7. The van der Waals surface area contributed by atoms with E-state index in [1.54, 1.807) is 39.6 Å². The molecule has 8 nitrogen and oxygen atoms in total. The van der Waals surface area contributed by atoms with Gasteiger partial charge in [0.25, 0.3) is 0 Å². The first-order valence-corrected chi connectivity index (χ1v) is 12.2. The van der Waals surface area contributed by atoms with Crippen molar-refractivity contribution in [3.63, 3.8) is 0 Å². The fraction of sp³-hybridized carbons (Fsp3) is 0.654. The lowest BCUT2D eigenvalue weighted by atomic mass is 10.0. The van der Waals surface area contributed by atoms with Crippen LogP contribution in [0.1, 0.15) is 70.9 Å². The van der Waals surface area contributed by atoms with Gasteiger partial charge in [0.05, 0.1) is 5.84 Å². The summed E-state index contributed by atoms with van der Waals surface area (Å²) >= 11 is 0. The molecule has 1 atom stereocenters. The number of amidine groups is 1. The Morgan fingerprint density at radius 3 is 2.26 bits per heavy atom. The highest BCUT2D eigenvalue weighted by molar-refractivity contribution is 5.85. The highest BCUT2D eigenvalue weighted by atomic mass is 16.6. The number of aliphatic hydroxyl groups is 1. The molecule has 0 aromatic heterocycles. The second-order valence-corrected chi connectivity index (χ2v) is 9.72. The van der Waals surface area contributed by atoms with Crippen LogP contribution in [-0.4, -0.2) is 66.2 Å². The average molecular weight is 477 g/mol. The number of rotatable bonds is 14. The number of likely N-dealkylation sites (N-methyl/N-ethyl adjacent to an activating group) is 1. The summed E-state index contributed by atoms with van der Waals surface area (Å²) < 4.78 is 5.36. The number of benzene rings is 1. The highest BCUT2D eigenvalue weighted by Gasteiger charge is 2.26. The molecule has 0 saturated heterocycles. The van der Waals surface area contributed by atoms with Crippen molar-refractivity contribution in [1.29, 1.82) is 0 Å². The molecule has 0 aliphatic heterocycles. The molecule has 4 N–H and O–H groups in total. The molecule has 0 saturated carbocycles. The number of hydrogen-bond donors (Lipinski definition) is 3. The van der Waals surface area contributed by atoms with E-state index in [0.717, 1.165) is 44.1 Å². The van der Waals surface area contributed by atoms with Gasteiger partial charge in [-0.1, -0.05) is 24.3 Å². The van der Waals surface area contributed by atoms with Crippen LogP contribution < -0.4 is 11.1 Å². The monoisotopic (exact) mass is 476 g/mol. The molecule has 1 aromatic rings. The minimum absolute atomic E-state index is 0.134. The van der Waals surface area contributed by atoms with Gasteiger partial charge < -0.3 is 25.8 Å². The smallest absolute Gasteiger partial charge is 0.408 e. The summed E-state index contributed by atoms with van der Waals surface area (Å²) in [7, 11) is 1.76. The van der Waals surface area contributed by atoms with Crippen molar-refractivity contribution in [2.24, 2.45) is 10.7 Å². The van der Waals surface area contributed by atoms with Gasteiger partial charge in [-0.3, -0.25) is 9.79 Å². The van der Waals surface area contributed by atoms with Crippen molar-refractivity contribution >= 4 is 17.8 Å². The van der Waals surface area contributed by atoms with Crippen LogP contribution in [0.5, 0.6) is 0 Å². The molecular formula is C26H44N4O4. The lowest BCUT2D eigenvalue weighted by molar-refractivity contribution is -0.132. The van der Waals surface area contributed by atoms with Crippen LogP contribution >= 0.6 is 0 Å². The molecule has 2 amide bonds. The van der Waals surface area contributed by atoms with Crippen molar-refractivity contribution in [3.05, 3.63) is 35.4 Å². The predicted molar refractivity (Wildman–Crippen MR) is 137 cm³/mol. The third-order valence-electron chi connectivity index (χ3n) is 5.26. The van der Waals surface area contributed by atoms with Crippen molar-refractivity contribution in [2.45, 2.75) is 84.3 Å². The molecule has 0 heterocycles. The summed E-state index contributed by atoms with van der Waals surface area (Å²) in [6.07, 6.45) is 4.88. The van der Waals surface area contributed by atoms with E-state index in [0.29, 0.717) is 25.3 Å².